The summed E-state index contributed by atoms with van der Waals surface area (Å²) >= 11 is 0. The summed E-state index contributed by atoms with van der Waals surface area (Å²) in [5, 5.41) is 6.47. The molecule has 0 bridgehead atoms. The lowest BCUT2D eigenvalue weighted by Crippen LogP contribution is -2.60. The van der Waals surface area contributed by atoms with Crippen molar-refractivity contribution in [1.82, 2.24) is 0 Å². The second-order valence-electron chi connectivity index (χ2n) is 8.02. The van der Waals surface area contributed by atoms with Crippen molar-refractivity contribution >= 4 is 49.9 Å². The van der Waals surface area contributed by atoms with Crippen LogP contribution < -0.4 is 4.90 Å². The zero-order valence-corrected chi connectivity index (χ0v) is 17.3. The van der Waals surface area contributed by atoms with Crippen LogP contribution in [0.3, 0.4) is 0 Å². The van der Waals surface area contributed by atoms with E-state index in [0.29, 0.717) is 5.76 Å². The number of benzene rings is 4. The first-order valence-corrected chi connectivity index (χ1v) is 10.5. The number of ether oxygens (including phenoxy) is 1. The Bertz CT molecular complexity index is 1520. The lowest BCUT2D eigenvalue weighted by atomic mass is 9.90. The molecule has 32 heavy (non-hydrogen) atoms. The third-order valence-corrected chi connectivity index (χ3v) is 6.18. The van der Waals surface area contributed by atoms with Crippen LogP contribution in [0, 0.1) is 0 Å². The minimum absolute atomic E-state index is 0.258. The number of carbonyl (C=O) groups is 2. The fourth-order valence-corrected chi connectivity index (χ4v) is 4.80. The molecule has 1 fully saturated rings. The Morgan fingerprint density at radius 2 is 1.56 bits per heavy atom. The van der Waals surface area contributed by atoms with E-state index in [9.17, 15) is 9.59 Å². The van der Waals surface area contributed by atoms with Crippen molar-refractivity contribution in [3.63, 3.8) is 0 Å². The van der Waals surface area contributed by atoms with Crippen molar-refractivity contribution in [2.75, 3.05) is 4.90 Å². The van der Waals surface area contributed by atoms with E-state index in [1.54, 1.807) is 23.3 Å². The maximum Gasteiger partial charge on any atom is 0.303 e. The van der Waals surface area contributed by atoms with Crippen LogP contribution in [-0.2, 0) is 14.3 Å². The molecule has 0 spiro atoms. The van der Waals surface area contributed by atoms with Gasteiger partial charge in [-0.1, -0.05) is 60.7 Å². The largest absolute Gasteiger partial charge is 0.467 e. The molecule has 1 amide bonds. The Morgan fingerprint density at radius 3 is 2.31 bits per heavy atom. The molecule has 1 saturated heterocycles. The molecule has 4 aromatic carbocycles. The number of rotatable bonds is 3. The molecule has 0 saturated carbocycles. The molecule has 5 aromatic rings. The summed E-state index contributed by atoms with van der Waals surface area (Å²) in [6.07, 6.45) is 0.660. The summed E-state index contributed by atoms with van der Waals surface area (Å²) in [7, 11) is 0. The van der Waals surface area contributed by atoms with Crippen LogP contribution in [0.15, 0.2) is 89.5 Å². The van der Waals surface area contributed by atoms with Gasteiger partial charge in [-0.3, -0.25) is 14.5 Å². The van der Waals surface area contributed by atoms with Gasteiger partial charge in [-0.05, 0) is 45.1 Å². The average Bonchev–Trinajstić information content (AvgIpc) is 3.34. The molecule has 5 heteroatoms. The van der Waals surface area contributed by atoms with Gasteiger partial charge in [0.05, 0.1) is 12.0 Å². The predicted octanol–water partition coefficient (Wildman–Crippen LogP) is 5.76. The maximum atomic E-state index is 13.3. The van der Waals surface area contributed by atoms with Gasteiger partial charge in [0.25, 0.3) is 5.91 Å². The molecule has 1 aliphatic heterocycles. The fraction of sp³-hybridized carbons (Fsp3) is 0.111. The molecule has 2 heterocycles. The van der Waals surface area contributed by atoms with Crippen LogP contribution in [-0.4, -0.2) is 18.0 Å². The summed E-state index contributed by atoms with van der Waals surface area (Å²) in [4.78, 5) is 26.6. The van der Waals surface area contributed by atoms with Crippen LogP contribution in [0.1, 0.15) is 18.7 Å². The van der Waals surface area contributed by atoms with Crippen molar-refractivity contribution in [2.24, 2.45) is 0 Å². The van der Waals surface area contributed by atoms with Gasteiger partial charge < -0.3 is 9.15 Å². The van der Waals surface area contributed by atoms with E-state index in [4.69, 9.17) is 9.15 Å². The molecule has 2 atom stereocenters. The first kappa shape index (κ1) is 18.6. The number of furan rings is 1. The second kappa shape index (κ2) is 6.95. The Balaban J connectivity index is 1.63. The quantitative estimate of drug-likeness (QED) is 0.211. The number of nitrogens with zero attached hydrogens (tertiary/aromatic N) is 1. The zero-order valence-electron chi connectivity index (χ0n) is 17.3. The van der Waals surface area contributed by atoms with Gasteiger partial charge in [-0.15, -0.1) is 0 Å². The van der Waals surface area contributed by atoms with Crippen LogP contribution in [0.2, 0.25) is 0 Å². The molecule has 0 aliphatic carbocycles. The monoisotopic (exact) mass is 421 g/mol. The highest BCUT2D eigenvalue weighted by atomic mass is 16.6. The Labute approximate surface area is 183 Å². The number of anilines is 1. The smallest absolute Gasteiger partial charge is 0.303 e. The van der Waals surface area contributed by atoms with Gasteiger partial charge in [0, 0.05) is 12.3 Å². The summed E-state index contributed by atoms with van der Waals surface area (Å²) in [6, 6.07) is 25.7. The van der Waals surface area contributed by atoms with E-state index in [-0.39, 0.29) is 5.91 Å². The van der Waals surface area contributed by atoms with E-state index in [0.717, 1.165) is 38.0 Å². The molecule has 5 nitrogen and oxygen atoms in total. The SMILES string of the molecule is CC(=O)O[C@@H]1C(=O)N(c2cc3c4ccccc4ccc3c3ccccc23)[C@H]1c1ccco1. The number of amides is 1. The van der Waals surface area contributed by atoms with Crippen molar-refractivity contribution in [3.8, 4) is 0 Å². The van der Waals surface area contributed by atoms with Gasteiger partial charge in [-0.2, -0.15) is 0 Å². The normalized spacial score (nSPS) is 18.3. The summed E-state index contributed by atoms with van der Waals surface area (Å²) in [5.41, 5.74) is 0.777. The second-order valence-corrected chi connectivity index (χ2v) is 8.02. The van der Waals surface area contributed by atoms with Crippen molar-refractivity contribution < 1.29 is 18.7 Å². The third kappa shape index (κ3) is 2.64. The Kier molecular flexibility index (Phi) is 4.05. The Hall–Kier alpha value is -4.12. The predicted molar refractivity (Wildman–Crippen MR) is 123 cm³/mol. The van der Waals surface area contributed by atoms with Crippen LogP contribution >= 0.6 is 0 Å². The first-order valence-electron chi connectivity index (χ1n) is 10.5. The Morgan fingerprint density at radius 1 is 0.844 bits per heavy atom. The molecule has 0 N–H and O–H groups in total. The lowest BCUT2D eigenvalue weighted by molar-refractivity contribution is -0.161. The number of hydrogen-bond acceptors (Lipinski definition) is 4. The van der Waals surface area contributed by atoms with E-state index in [1.807, 2.05) is 30.3 Å². The summed E-state index contributed by atoms with van der Waals surface area (Å²) < 4.78 is 11.0. The first-order chi connectivity index (χ1) is 15.6. The van der Waals surface area contributed by atoms with Gasteiger partial charge >= 0.3 is 5.97 Å². The average molecular weight is 421 g/mol. The standard InChI is InChI=1S/C27H19NO4/c1-16(29)32-26-25(24-11-6-14-31-24)28(27(26)30)23-15-22-18-8-3-2-7-17(18)12-13-20(22)19-9-4-5-10-21(19)23/h2-15,25-26H,1H3/t25-,26-/m0/s1. The van der Waals surface area contributed by atoms with E-state index >= 15 is 0 Å². The summed E-state index contributed by atoms with van der Waals surface area (Å²) in [5.74, 6) is -0.168. The molecular weight excluding hydrogens is 402 g/mol. The molecule has 0 radical (unpaired) electrons. The van der Waals surface area contributed by atoms with Crippen molar-refractivity contribution in [1.29, 1.82) is 0 Å². The number of hydrogen-bond donors (Lipinski definition) is 0. The minimum Gasteiger partial charge on any atom is -0.467 e. The molecule has 6 rings (SSSR count). The maximum absolute atomic E-state index is 13.3. The zero-order chi connectivity index (χ0) is 21.8. The lowest BCUT2D eigenvalue weighted by Gasteiger charge is -2.45. The highest BCUT2D eigenvalue weighted by Gasteiger charge is 2.53. The van der Waals surface area contributed by atoms with E-state index in [1.165, 1.54) is 6.92 Å². The van der Waals surface area contributed by atoms with E-state index in [2.05, 4.69) is 36.4 Å². The molecular formula is C27H19NO4. The summed E-state index contributed by atoms with van der Waals surface area (Å²) in [6.45, 7) is 1.31. The van der Waals surface area contributed by atoms with Crippen LogP contribution in [0.25, 0.3) is 32.3 Å². The molecule has 1 aliphatic rings. The van der Waals surface area contributed by atoms with Gasteiger partial charge in [-0.25, -0.2) is 0 Å². The molecule has 1 aromatic heterocycles. The number of fused-ring (bicyclic) bond motifs is 5. The van der Waals surface area contributed by atoms with Gasteiger partial charge in [0.15, 0.2) is 0 Å². The fourth-order valence-electron chi connectivity index (χ4n) is 4.80. The van der Waals surface area contributed by atoms with Crippen LogP contribution in [0.4, 0.5) is 5.69 Å². The van der Waals surface area contributed by atoms with Gasteiger partial charge in [0.1, 0.15) is 11.8 Å². The number of carbonyl (C=O) groups excluding carboxylic acids is 2. The van der Waals surface area contributed by atoms with E-state index < -0.39 is 18.1 Å². The van der Waals surface area contributed by atoms with Crippen molar-refractivity contribution in [2.45, 2.75) is 19.1 Å². The highest BCUT2D eigenvalue weighted by molar-refractivity contribution is 6.23. The molecule has 156 valence electrons. The number of β-lactam (4-membered cyclic amide) rings is 1. The highest BCUT2D eigenvalue weighted by Crippen LogP contribution is 2.46. The van der Waals surface area contributed by atoms with Gasteiger partial charge in [0.2, 0.25) is 6.10 Å². The topological polar surface area (TPSA) is 59.8 Å². The minimum atomic E-state index is -0.902. The number of esters is 1. The van der Waals surface area contributed by atoms with Crippen molar-refractivity contribution in [3.05, 3.63) is 90.9 Å². The van der Waals surface area contributed by atoms with Crippen LogP contribution in [0.5, 0.6) is 0 Å². The molecule has 0 unspecified atom stereocenters. The third-order valence-electron chi connectivity index (χ3n) is 6.18.